The van der Waals surface area contributed by atoms with Crippen molar-refractivity contribution in [2.75, 3.05) is 4.72 Å². The molecule has 2 aromatic rings. The maximum absolute atomic E-state index is 13.2. The van der Waals surface area contributed by atoms with Crippen molar-refractivity contribution in [2.45, 2.75) is 38.7 Å². The number of nitrogens with one attached hydrogen (secondary N) is 1. The molecule has 1 aliphatic heterocycles. The van der Waals surface area contributed by atoms with E-state index in [1.807, 2.05) is 13.8 Å². The van der Waals surface area contributed by atoms with E-state index in [4.69, 9.17) is 10.2 Å². The third-order valence-corrected chi connectivity index (χ3v) is 7.86. The number of halogens is 4. The number of hydrogen-bond donors (Lipinski definition) is 2. The number of para-hydroxylation sites is 1. The van der Waals surface area contributed by atoms with Gasteiger partial charge in [-0.05, 0) is 45.6 Å². The number of nitrogens with zero attached hydrogens (tertiary/aromatic N) is 2. The van der Waals surface area contributed by atoms with E-state index in [0.717, 1.165) is 0 Å². The van der Waals surface area contributed by atoms with Gasteiger partial charge in [0.25, 0.3) is 5.91 Å². The quantitative estimate of drug-likeness (QED) is 0.276. The number of amides is 1. The van der Waals surface area contributed by atoms with Crippen LogP contribution in [0.1, 0.15) is 41.4 Å². The summed E-state index contributed by atoms with van der Waals surface area (Å²) in [6.07, 6.45) is 3.88. The summed E-state index contributed by atoms with van der Waals surface area (Å²) < 4.78 is 72.6. The Morgan fingerprint density at radius 1 is 1.14 bits per heavy atom. The first kappa shape index (κ1) is 26.7. The van der Waals surface area contributed by atoms with Gasteiger partial charge >= 0.3 is 15.5 Å². The lowest BCUT2D eigenvalue weighted by Gasteiger charge is -2.17. The van der Waals surface area contributed by atoms with Gasteiger partial charge in [-0.15, -0.1) is 0 Å². The molecule has 196 valence electrons. The van der Waals surface area contributed by atoms with E-state index >= 15 is 0 Å². The third-order valence-electron chi connectivity index (χ3n) is 5.94. The summed E-state index contributed by atoms with van der Waals surface area (Å²) >= 11 is 3.53. The fraction of sp³-hybridized carbons (Fsp3) is 0.250. The maximum Gasteiger partial charge on any atom is 0.516 e. The number of sulfonamides is 1. The lowest BCUT2D eigenvalue weighted by Crippen LogP contribution is -2.30. The number of fused-ring (bicyclic) bond motifs is 1. The zero-order valence-corrected chi connectivity index (χ0v) is 22.1. The predicted octanol–water partition coefficient (Wildman–Crippen LogP) is 5.54. The summed E-state index contributed by atoms with van der Waals surface area (Å²) in [7, 11) is -5.68. The van der Waals surface area contributed by atoms with Crippen molar-refractivity contribution in [1.82, 2.24) is 9.55 Å². The largest absolute Gasteiger partial charge is 0.516 e. The first-order valence-electron chi connectivity index (χ1n) is 11.1. The number of rotatable bonds is 8. The molecular formula is C24H22BrF3N4O4S. The predicted molar refractivity (Wildman–Crippen MR) is 136 cm³/mol. The zero-order valence-electron chi connectivity index (χ0n) is 19.7. The Morgan fingerprint density at radius 3 is 2.46 bits per heavy atom. The molecule has 0 radical (unpaired) electrons. The third kappa shape index (κ3) is 4.73. The van der Waals surface area contributed by atoms with Crippen molar-refractivity contribution >= 4 is 37.5 Å². The fourth-order valence-electron chi connectivity index (χ4n) is 4.31. The zero-order chi connectivity index (χ0) is 27.1. The van der Waals surface area contributed by atoms with Crippen LogP contribution in [0.15, 0.2) is 51.7 Å². The molecule has 1 aliphatic carbocycles. The van der Waals surface area contributed by atoms with Crippen molar-refractivity contribution in [3.63, 3.8) is 0 Å². The number of nitrogens with two attached hydrogens (primary N) is 1. The number of alkyl halides is 3. The molecule has 0 spiro atoms. The van der Waals surface area contributed by atoms with Crippen LogP contribution in [0.4, 0.5) is 18.9 Å². The molecule has 13 heteroatoms. The van der Waals surface area contributed by atoms with Crippen LogP contribution in [0, 0.1) is 0 Å². The minimum Gasteiger partial charge on any atom is -0.472 e. The van der Waals surface area contributed by atoms with E-state index in [1.54, 1.807) is 21.4 Å². The van der Waals surface area contributed by atoms with E-state index in [1.165, 1.54) is 30.7 Å². The molecule has 0 atom stereocenters. The summed E-state index contributed by atoms with van der Waals surface area (Å²) in [5.41, 5.74) is 3.24. The molecule has 3 N–H and O–H groups in total. The van der Waals surface area contributed by atoms with Gasteiger partial charge in [-0.25, -0.2) is 4.98 Å². The Labute approximate surface area is 219 Å². The molecule has 0 saturated carbocycles. The summed E-state index contributed by atoms with van der Waals surface area (Å²) in [6, 6.07) is 7.45. The number of imidazole rings is 1. The Balaban J connectivity index is 1.99. The SMILES string of the molecule is CCc1nc(CC)n(Cc2c3ccocc-3c(Br)c2-c2ccccc2NS(=O)(=O)C(F)(F)F)c1C(N)=O. The number of anilines is 1. The van der Waals surface area contributed by atoms with Crippen LogP contribution in [-0.2, 0) is 29.4 Å². The number of hydrogen-bond acceptors (Lipinski definition) is 5. The number of aryl methyl sites for hydroxylation is 2. The number of carbonyl (C=O) groups is 1. The van der Waals surface area contributed by atoms with Crippen molar-refractivity contribution in [1.29, 1.82) is 0 Å². The van der Waals surface area contributed by atoms with Crippen LogP contribution in [-0.4, -0.2) is 29.4 Å². The topological polar surface area (TPSA) is 120 Å². The standard InChI is InChI=1S/C24H22BrF3N4O4S/c1-3-17-22(23(29)33)32(19(4-2)30-17)11-15-13-9-10-36-12-16(13)21(25)20(15)14-7-5-6-8-18(14)31-37(34,35)24(26,27)28/h5-10,12,31H,3-4,11H2,1-2H3,(H2,29,33). The van der Waals surface area contributed by atoms with Gasteiger partial charge in [-0.1, -0.05) is 32.0 Å². The lowest BCUT2D eigenvalue weighted by atomic mass is 10.0. The average molecular weight is 599 g/mol. The summed E-state index contributed by atoms with van der Waals surface area (Å²) in [5.74, 6) is -0.0531. The summed E-state index contributed by atoms with van der Waals surface area (Å²) in [4.78, 5) is 17.0. The number of primary amides is 1. The van der Waals surface area contributed by atoms with E-state index in [9.17, 15) is 26.4 Å². The molecule has 0 saturated heterocycles. The first-order valence-corrected chi connectivity index (χ1v) is 13.4. The van der Waals surface area contributed by atoms with E-state index < -0.39 is 21.4 Å². The van der Waals surface area contributed by atoms with E-state index in [2.05, 4.69) is 20.9 Å². The molecular weight excluding hydrogens is 577 g/mol. The van der Waals surface area contributed by atoms with Gasteiger partial charge in [0.05, 0.1) is 30.5 Å². The van der Waals surface area contributed by atoms with Gasteiger partial charge in [-0.2, -0.15) is 21.6 Å². The smallest absolute Gasteiger partial charge is 0.472 e. The molecule has 37 heavy (non-hydrogen) atoms. The highest BCUT2D eigenvalue weighted by Crippen LogP contribution is 2.48. The monoisotopic (exact) mass is 598 g/mol. The molecule has 8 nitrogen and oxygen atoms in total. The molecule has 1 aromatic carbocycles. The highest BCUT2D eigenvalue weighted by atomic mass is 79.9. The molecule has 0 fully saturated rings. The van der Waals surface area contributed by atoms with Crippen LogP contribution < -0.4 is 10.5 Å². The second-order valence-electron chi connectivity index (χ2n) is 8.13. The second-order valence-corrected chi connectivity index (χ2v) is 10.6. The van der Waals surface area contributed by atoms with Crippen LogP contribution >= 0.6 is 15.9 Å². The van der Waals surface area contributed by atoms with Gasteiger partial charge in [0.15, 0.2) is 0 Å². The van der Waals surface area contributed by atoms with Crippen LogP contribution in [0.3, 0.4) is 0 Å². The highest BCUT2D eigenvalue weighted by Gasteiger charge is 2.46. The number of aromatic nitrogens is 2. The highest BCUT2D eigenvalue weighted by molar-refractivity contribution is 9.10. The van der Waals surface area contributed by atoms with Gasteiger partial charge in [-0.3, -0.25) is 9.52 Å². The van der Waals surface area contributed by atoms with Gasteiger partial charge in [0.1, 0.15) is 11.5 Å². The maximum atomic E-state index is 13.2. The summed E-state index contributed by atoms with van der Waals surface area (Å²) in [5, 5.41) is 0. The van der Waals surface area contributed by atoms with Gasteiger partial charge in [0, 0.05) is 27.6 Å². The summed E-state index contributed by atoms with van der Waals surface area (Å²) in [6.45, 7) is 3.82. The van der Waals surface area contributed by atoms with Crippen LogP contribution in [0.25, 0.3) is 22.3 Å². The van der Waals surface area contributed by atoms with E-state index in [-0.39, 0.29) is 23.5 Å². The molecule has 2 heterocycles. The van der Waals surface area contributed by atoms with Crippen LogP contribution in [0.2, 0.25) is 0 Å². The Kier molecular flexibility index (Phi) is 7.12. The van der Waals surface area contributed by atoms with E-state index in [0.29, 0.717) is 51.1 Å². The Morgan fingerprint density at radius 2 is 1.84 bits per heavy atom. The first-order chi connectivity index (χ1) is 17.4. The molecule has 0 bridgehead atoms. The minimum atomic E-state index is -5.68. The van der Waals surface area contributed by atoms with Crippen molar-refractivity contribution < 1.29 is 30.8 Å². The van der Waals surface area contributed by atoms with Crippen LogP contribution in [0.5, 0.6) is 0 Å². The average Bonchev–Trinajstić information content (AvgIpc) is 3.34. The molecule has 2 aliphatic rings. The Bertz CT molecular complexity index is 1560. The fourth-order valence-corrected chi connectivity index (χ4v) is 5.66. The number of benzene rings is 1. The lowest BCUT2D eigenvalue weighted by molar-refractivity contribution is -0.0429. The molecule has 1 amide bonds. The normalized spacial score (nSPS) is 12.3. The number of carbonyl (C=O) groups excluding carboxylic acids is 1. The van der Waals surface area contributed by atoms with Crippen molar-refractivity contribution in [3.8, 4) is 22.3 Å². The minimum absolute atomic E-state index is 0.0935. The van der Waals surface area contributed by atoms with Crippen molar-refractivity contribution in [2.24, 2.45) is 5.73 Å². The van der Waals surface area contributed by atoms with Gasteiger partial charge in [0.2, 0.25) is 0 Å². The molecule has 1 aromatic heterocycles. The van der Waals surface area contributed by atoms with Crippen molar-refractivity contribution in [3.05, 3.63) is 70.1 Å². The molecule has 4 rings (SSSR count). The second kappa shape index (κ2) is 9.86. The molecule has 0 unspecified atom stereocenters. The Hall–Kier alpha value is -3.32. The van der Waals surface area contributed by atoms with Gasteiger partial charge < -0.3 is 14.7 Å².